The van der Waals surface area contributed by atoms with E-state index in [4.69, 9.17) is 14.2 Å². The van der Waals surface area contributed by atoms with Crippen LogP contribution in [-0.2, 0) is 17.8 Å². The third-order valence-corrected chi connectivity index (χ3v) is 4.83. The van der Waals surface area contributed by atoms with E-state index in [0.717, 1.165) is 30.6 Å². The molecular formula is C22H28N2O4. The Morgan fingerprint density at radius 1 is 1.14 bits per heavy atom. The molecule has 0 saturated heterocycles. The van der Waals surface area contributed by atoms with Gasteiger partial charge in [0, 0.05) is 18.8 Å². The second kappa shape index (κ2) is 9.46. The molecule has 0 unspecified atom stereocenters. The van der Waals surface area contributed by atoms with Crippen molar-refractivity contribution in [2.45, 2.75) is 26.3 Å². The molecule has 0 aliphatic carbocycles. The van der Waals surface area contributed by atoms with Crippen molar-refractivity contribution < 1.29 is 19.0 Å². The normalized spacial score (nSPS) is 13.0. The Morgan fingerprint density at radius 3 is 2.54 bits per heavy atom. The monoisotopic (exact) mass is 384 g/mol. The van der Waals surface area contributed by atoms with E-state index < -0.39 is 0 Å². The molecule has 1 heterocycles. The molecule has 1 N–H and O–H groups in total. The van der Waals surface area contributed by atoms with E-state index in [9.17, 15) is 4.79 Å². The Bertz CT molecular complexity index is 797. The number of nitrogens with one attached hydrogen (secondary N) is 1. The second-order valence-electron chi connectivity index (χ2n) is 6.64. The molecule has 0 spiro atoms. The highest BCUT2D eigenvalue weighted by atomic mass is 16.5. The number of benzene rings is 2. The molecule has 0 radical (unpaired) electrons. The largest absolute Gasteiger partial charge is 0.493 e. The fraction of sp³-hybridized carbons (Fsp3) is 0.409. The summed E-state index contributed by atoms with van der Waals surface area (Å²) in [7, 11) is 3.21. The van der Waals surface area contributed by atoms with E-state index in [1.807, 2.05) is 42.2 Å². The van der Waals surface area contributed by atoms with Gasteiger partial charge in [0.15, 0.2) is 11.5 Å². The maximum Gasteiger partial charge on any atom is 0.240 e. The third-order valence-electron chi connectivity index (χ3n) is 4.83. The van der Waals surface area contributed by atoms with E-state index in [0.29, 0.717) is 30.4 Å². The molecular weight excluding hydrogens is 356 g/mol. The molecule has 3 rings (SSSR count). The number of nitrogens with zero attached hydrogens (tertiary/aromatic N) is 1. The van der Waals surface area contributed by atoms with E-state index in [1.54, 1.807) is 14.2 Å². The number of methoxy groups -OCH3 is 2. The van der Waals surface area contributed by atoms with E-state index in [-0.39, 0.29) is 12.5 Å². The lowest BCUT2D eigenvalue weighted by Crippen LogP contribution is -2.41. The zero-order chi connectivity index (χ0) is 19.9. The topological polar surface area (TPSA) is 60.0 Å². The molecule has 1 aliphatic heterocycles. The van der Waals surface area contributed by atoms with Crippen molar-refractivity contribution in [3.8, 4) is 17.2 Å². The molecule has 6 nitrogen and oxygen atoms in total. The van der Waals surface area contributed by atoms with Gasteiger partial charge in [0.2, 0.25) is 11.7 Å². The third kappa shape index (κ3) is 4.39. The SMILES string of the molecule is CCOc1c(OC)cc(CNCC(=O)N2CCCc3ccccc32)cc1OC. The van der Waals surface area contributed by atoms with Gasteiger partial charge in [-0.25, -0.2) is 0 Å². The number of hydrogen-bond donors (Lipinski definition) is 1. The van der Waals surface area contributed by atoms with Gasteiger partial charge in [-0.05, 0) is 49.1 Å². The Labute approximate surface area is 166 Å². The highest BCUT2D eigenvalue weighted by molar-refractivity contribution is 5.95. The van der Waals surface area contributed by atoms with Gasteiger partial charge in [0.25, 0.3) is 0 Å². The number of amides is 1. The minimum atomic E-state index is 0.0806. The average molecular weight is 384 g/mol. The first-order valence-electron chi connectivity index (χ1n) is 9.64. The van der Waals surface area contributed by atoms with Crippen molar-refractivity contribution in [1.29, 1.82) is 0 Å². The van der Waals surface area contributed by atoms with Crippen LogP contribution in [0.4, 0.5) is 5.69 Å². The van der Waals surface area contributed by atoms with Crippen LogP contribution in [0, 0.1) is 0 Å². The quantitative estimate of drug-likeness (QED) is 0.758. The molecule has 2 aromatic rings. The van der Waals surface area contributed by atoms with Crippen LogP contribution in [-0.4, -0.2) is 39.8 Å². The molecule has 150 valence electrons. The number of carbonyl (C=O) groups excluding carboxylic acids is 1. The average Bonchev–Trinajstić information content (AvgIpc) is 2.73. The van der Waals surface area contributed by atoms with Gasteiger partial charge in [-0.15, -0.1) is 0 Å². The number of fused-ring (bicyclic) bond motifs is 1. The smallest absolute Gasteiger partial charge is 0.240 e. The minimum absolute atomic E-state index is 0.0806. The van der Waals surface area contributed by atoms with Crippen molar-refractivity contribution in [3.63, 3.8) is 0 Å². The Hall–Kier alpha value is -2.73. The summed E-state index contributed by atoms with van der Waals surface area (Å²) in [6.07, 6.45) is 2.02. The predicted octanol–water partition coefficient (Wildman–Crippen LogP) is 3.17. The van der Waals surface area contributed by atoms with Crippen LogP contribution >= 0.6 is 0 Å². The number of rotatable bonds is 8. The molecule has 0 atom stereocenters. The second-order valence-corrected chi connectivity index (χ2v) is 6.64. The number of aryl methyl sites for hydroxylation is 1. The molecule has 0 aromatic heterocycles. The lowest BCUT2D eigenvalue weighted by atomic mass is 10.0. The maximum absolute atomic E-state index is 12.7. The van der Waals surface area contributed by atoms with E-state index in [2.05, 4.69) is 11.4 Å². The van der Waals surface area contributed by atoms with Crippen molar-refractivity contribution in [1.82, 2.24) is 5.32 Å². The molecule has 0 fully saturated rings. The van der Waals surface area contributed by atoms with Gasteiger partial charge < -0.3 is 24.4 Å². The Kier molecular flexibility index (Phi) is 6.76. The van der Waals surface area contributed by atoms with Crippen LogP contribution in [0.1, 0.15) is 24.5 Å². The van der Waals surface area contributed by atoms with Crippen molar-refractivity contribution in [2.24, 2.45) is 0 Å². The highest BCUT2D eigenvalue weighted by Gasteiger charge is 2.21. The number of para-hydroxylation sites is 1. The van der Waals surface area contributed by atoms with Crippen molar-refractivity contribution in [3.05, 3.63) is 47.5 Å². The first kappa shape index (κ1) is 20.0. The molecule has 1 amide bonds. The standard InChI is InChI=1S/C22H28N2O4/c1-4-28-22-19(26-2)12-16(13-20(22)27-3)14-23-15-21(25)24-11-7-9-17-8-5-6-10-18(17)24/h5-6,8,10,12-13,23H,4,7,9,11,14-15H2,1-3H3. The van der Waals surface area contributed by atoms with Gasteiger partial charge in [-0.2, -0.15) is 0 Å². The number of hydrogen-bond acceptors (Lipinski definition) is 5. The minimum Gasteiger partial charge on any atom is -0.493 e. The van der Waals surface area contributed by atoms with Crippen LogP contribution in [0.15, 0.2) is 36.4 Å². The summed E-state index contributed by atoms with van der Waals surface area (Å²) in [5.41, 5.74) is 3.23. The van der Waals surface area contributed by atoms with Crippen LogP contribution in [0.2, 0.25) is 0 Å². The van der Waals surface area contributed by atoms with E-state index >= 15 is 0 Å². The van der Waals surface area contributed by atoms with Gasteiger partial charge in [-0.3, -0.25) is 4.79 Å². The maximum atomic E-state index is 12.7. The number of carbonyl (C=O) groups is 1. The van der Waals surface area contributed by atoms with Gasteiger partial charge in [0.1, 0.15) is 0 Å². The van der Waals surface area contributed by atoms with E-state index in [1.165, 1.54) is 5.56 Å². The van der Waals surface area contributed by atoms with Gasteiger partial charge in [-0.1, -0.05) is 18.2 Å². The molecule has 1 aliphatic rings. The molecule has 6 heteroatoms. The van der Waals surface area contributed by atoms with Crippen molar-refractivity contribution in [2.75, 3.05) is 38.8 Å². The van der Waals surface area contributed by atoms with Crippen LogP contribution in [0.25, 0.3) is 0 Å². The number of anilines is 1. The van der Waals surface area contributed by atoms with Crippen LogP contribution in [0.3, 0.4) is 0 Å². The molecule has 2 aromatic carbocycles. The zero-order valence-electron chi connectivity index (χ0n) is 16.8. The fourth-order valence-corrected chi connectivity index (χ4v) is 3.52. The summed E-state index contributed by atoms with van der Waals surface area (Å²) in [6, 6.07) is 11.9. The predicted molar refractivity (Wildman–Crippen MR) is 110 cm³/mol. The first-order valence-corrected chi connectivity index (χ1v) is 9.64. The number of ether oxygens (including phenoxy) is 3. The zero-order valence-corrected chi connectivity index (χ0v) is 16.8. The first-order chi connectivity index (χ1) is 13.7. The lowest BCUT2D eigenvalue weighted by Gasteiger charge is -2.29. The summed E-state index contributed by atoms with van der Waals surface area (Å²) < 4.78 is 16.5. The highest BCUT2D eigenvalue weighted by Crippen LogP contribution is 2.38. The van der Waals surface area contributed by atoms with Gasteiger partial charge >= 0.3 is 0 Å². The summed E-state index contributed by atoms with van der Waals surface area (Å²) in [5, 5.41) is 3.24. The van der Waals surface area contributed by atoms with Crippen molar-refractivity contribution >= 4 is 11.6 Å². The van der Waals surface area contributed by atoms with Crippen LogP contribution < -0.4 is 24.4 Å². The fourth-order valence-electron chi connectivity index (χ4n) is 3.52. The molecule has 0 saturated carbocycles. The summed E-state index contributed by atoms with van der Waals surface area (Å²) >= 11 is 0. The summed E-state index contributed by atoms with van der Waals surface area (Å²) in [6.45, 7) is 4.00. The summed E-state index contributed by atoms with van der Waals surface area (Å²) in [4.78, 5) is 14.6. The lowest BCUT2D eigenvalue weighted by molar-refractivity contribution is -0.117. The Morgan fingerprint density at radius 2 is 1.86 bits per heavy atom. The molecule has 28 heavy (non-hydrogen) atoms. The Balaban J connectivity index is 1.64. The van der Waals surface area contributed by atoms with Crippen LogP contribution in [0.5, 0.6) is 17.2 Å². The molecule has 0 bridgehead atoms. The van der Waals surface area contributed by atoms with Gasteiger partial charge in [0.05, 0.1) is 27.4 Å². The summed E-state index contributed by atoms with van der Waals surface area (Å²) in [5.74, 6) is 1.91.